The number of rotatable bonds is 3. The molecule has 4 heteroatoms. The van der Waals surface area contributed by atoms with E-state index in [0.29, 0.717) is 0 Å². The van der Waals surface area contributed by atoms with Crippen molar-refractivity contribution in [1.82, 2.24) is 14.5 Å². The number of pyridine rings is 2. The van der Waals surface area contributed by atoms with Crippen LogP contribution in [0.5, 0.6) is 5.75 Å². The summed E-state index contributed by atoms with van der Waals surface area (Å²) >= 11 is 0. The first-order valence-corrected chi connectivity index (χ1v) is 11.7. The monoisotopic (exact) mass is 455 g/mol. The Bertz CT molecular complexity index is 1750. The van der Waals surface area contributed by atoms with E-state index in [-0.39, 0.29) is 5.75 Å². The lowest BCUT2D eigenvalue weighted by atomic mass is 10.0. The number of hydrogen-bond acceptors (Lipinski definition) is 3. The van der Waals surface area contributed by atoms with Gasteiger partial charge in [-0.1, -0.05) is 42.5 Å². The molecule has 4 nitrogen and oxygen atoms in total. The first kappa shape index (κ1) is 21.1. The number of aromatic hydroxyl groups is 1. The Labute approximate surface area is 204 Å². The maximum atomic E-state index is 10.8. The van der Waals surface area contributed by atoms with Gasteiger partial charge in [0.1, 0.15) is 11.6 Å². The fourth-order valence-corrected chi connectivity index (χ4v) is 4.92. The molecule has 0 saturated heterocycles. The third-order valence-electron chi connectivity index (χ3n) is 6.57. The summed E-state index contributed by atoms with van der Waals surface area (Å²) in [5.74, 6) is 1.08. The minimum Gasteiger partial charge on any atom is -0.507 e. The van der Waals surface area contributed by atoms with Crippen molar-refractivity contribution >= 4 is 21.8 Å². The van der Waals surface area contributed by atoms with Crippen LogP contribution in [-0.2, 0) is 0 Å². The van der Waals surface area contributed by atoms with Gasteiger partial charge in [0.25, 0.3) is 0 Å². The van der Waals surface area contributed by atoms with E-state index in [1.54, 1.807) is 0 Å². The quantitative estimate of drug-likeness (QED) is 0.300. The summed E-state index contributed by atoms with van der Waals surface area (Å²) in [5.41, 5.74) is 8.78. The van der Waals surface area contributed by atoms with Gasteiger partial charge in [0.2, 0.25) is 0 Å². The molecule has 0 aliphatic rings. The zero-order valence-corrected chi connectivity index (χ0v) is 19.9. The minimum absolute atomic E-state index is 0.273. The third-order valence-corrected chi connectivity index (χ3v) is 6.57. The smallest absolute Gasteiger partial charge is 0.138 e. The van der Waals surface area contributed by atoms with Crippen molar-refractivity contribution in [2.75, 3.05) is 0 Å². The molecule has 0 radical (unpaired) electrons. The Balaban J connectivity index is 1.62. The van der Waals surface area contributed by atoms with Crippen LogP contribution < -0.4 is 0 Å². The van der Waals surface area contributed by atoms with Crippen LogP contribution in [0.3, 0.4) is 0 Å². The molecule has 0 aliphatic carbocycles. The minimum atomic E-state index is 0.273. The molecule has 3 heterocycles. The fraction of sp³-hybridized carbons (Fsp3) is 0.0968. The molecule has 0 saturated carbocycles. The van der Waals surface area contributed by atoms with Crippen molar-refractivity contribution in [3.8, 4) is 34.1 Å². The molecule has 0 amide bonds. The molecule has 0 fully saturated rings. The second-order valence-electron chi connectivity index (χ2n) is 9.16. The first-order chi connectivity index (χ1) is 17.0. The van der Waals surface area contributed by atoms with Crippen LogP contribution >= 0.6 is 0 Å². The van der Waals surface area contributed by atoms with Crippen LogP contribution in [-0.4, -0.2) is 19.6 Å². The van der Waals surface area contributed by atoms with Crippen molar-refractivity contribution < 1.29 is 5.11 Å². The zero-order valence-electron chi connectivity index (χ0n) is 19.9. The first-order valence-electron chi connectivity index (χ1n) is 11.7. The van der Waals surface area contributed by atoms with Gasteiger partial charge in [-0.2, -0.15) is 0 Å². The topological polar surface area (TPSA) is 50.9 Å². The molecule has 170 valence electrons. The third kappa shape index (κ3) is 3.55. The highest BCUT2D eigenvalue weighted by Crippen LogP contribution is 2.36. The van der Waals surface area contributed by atoms with E-state index in [0.717, 1.165) is 50.5 Å². The summed E-state index contributed by atoms with van der Waals surface area (Å²) in [6.07, 6.45) is 1.85. The molecule has 0 atom stereocenters. The lowest BCUT2D eigenvalue weighted by Crippen LogP contribution is -1.99. The van der Waals surface area contributed by atoms with Crippen LogP contribution in [0.4, 0.5) is 0 Å². The highest BCUT2D eigenvalue weighted by atomic mass is 16.3. The molecule has 3 aromatic carbocycles. The van der Waals surface area contributed by atoms with Crippen molar-refractivity contribution in [1.29, 1.82) is 0 Å². The number of phenols is 1. The molecular formula is C31H25N3O. The van der Waals surface area contributed by atoms with Gasteiger partial charge in [-0.3, -0.25) is 9.55 Å². The van der Waals surface area contributed by atoms with Crippen molar-refractivity contribution in [2.45, 2.75) is 20.8 Å². The summed E-state index contributed by atoms with van der Waals surface area (Å²) in [6, 6.07) is 29.0. The highest BCUT2D eigenvalue weighted by molar-refractivity contribution is 6.10. The number of benzene rings is 3. The molecule has 0 aliphatic heterocycles. The number of fused-ring (bicyclic) bond motifs is 3. The number of nitrogens with zero attached hydrogens (tertiary/aromatic N) is 3. The average Bonchev–Trinajstić information content (AvgIpc) is 3.20. The number of aryl methyl sites for hydroxylation is 3. The maximum absolute atomic E-state index is 10.8. The van der Waals surface area contributed by atoms with E-state index in [1.165, 1.54) is 16.3 Å². The Morgan fingerprint density at radius 1 is 0.686 bits per heavy atom. The van der Waals surface area contributed by atoms with E-state index in [4.69, 9.17) is 4.98 Å². The largest absolute Gasteiger partial charge is 0.507 e. The van der Waals surface area contributed by atoms with Crippen LogP contribution in [0.15, 0.2) is 91.1 Å². The molecule has 0 unspecified atom stereocenters. The van der Waals surface area contributed by atoms with E-state index in [2.05, 4.69) is 65.0 Å². The Kier molecular flexibility index (Phi) is 4.89. The van der Waals surface area contributed by atoms with Gasteiger partial charge in [0.05, 0.1) is 22.4 Å². The Morgan fingerprint density at radius 3 is 2.37 bits per heavy atom. The van der Waals surface area contributed by atoms with Crippen LogP contribution in [0.25, 0.3) is 50.1 Å². The SMILES string of the molecule is Cc1ccnc(-c2ccc3c4ccccc4n(-c4cccc(-c5cc(C)cc(C)c5O)n4)c3c2)c1. The standard InChI is InChI=1S/C31H25N3O/c1-19-13-14-32-27(17-19)22-11-12-24-23-7-4-5-9-28(23)34(29(24)18-22)30-10-6-8-26(33-30)25-16-20(2)15-21(3)31(25)35/h4-18,35H,1-3H3. The zero-order chi connectivity index (χ0) is 24.1. The summed E-state index contributed by atoms with van der Waals surface area (Å²) in [4.78, 5) is 9.63. The summed E-state index contributed by atoms with van der Waals surface area (Å²) in [5, 5.41) is 13.1. The van der Waals surface area contributed by atoms with Gasteiger partial charge < -0.3 is 5.11 Å². The van der Waals surface area contributed by atoms with Gasteiger partial charge in [-0.25, -0.2) is 4.98 Å². The molecule has 1 N–H and O–H groups in total. The van der Waals surface area contributed by atoms with E-state index in [9.17, 15) is 5.11 Å². The summed E-state index contributed by atoms with van der Waals surface area (Å²) in [7, 11) is 0. The van der Waals surface area contributed by atoms with Gasteiger partial charge in [0.15, 0.2) is 0 Å². The van der Waals surface area contributed by atoms with E-state index < -0.39 is 0 Å². The van der Waals surface area contributed by atoms with Crippen molar-refractivity contribution in [3.63, 3.8) is 0 Å². The van der Waals surface area contributed by atoms with Crippen molar-refractivity contribution in [2.24, 2.45) is 0 Å². The number of phenolic OH excluding ortho intramolecular Hbond substituents is 1. The molecule has 3 aromatic heterocycles. The van der Waals surface area contributed by atoms with Crippen LogP contribution in [0.1, 0.15) is 16.7 Å². The molecule has 6 aromatic rings. The lowest BCUT2D eigenvalue weighted by molar-refractivity contribution is 0.473. The lowest BCUT2D eigenvalue weighted by Gasteiger charge is -2.12. The molecule has 0 spiro atoms. The Hall–Kier alpha value is -4.44. The number of hydrogen-bond donors (Lipinski definition) is 1. The molecule has 0 bridgehead atoms. The van der Waals surface area contributed by atoms with E-state index in [1.807, 2.05) is 56.4 Å². The van der Waals surface area contributed by atoms with Gasteiger partial charge in [-0.15, -0.1) is 0 Å². The predicted molar refractivity (Wildman–Crippen MR) is 143 cm³/mol. The Morgan fingerprint density at radius 2 is 1.51 bits per heavy atom. The fourth-order valence-electron chi connectivity index (χ4n) is 4.92. The normalized spacial score (nSPS) is 11.4. The maximum Gasteiger partial charge on any atom is 0.138 e. The van der Waals surface area contributed by atoms with Crippen molar-refractivity contribution in [3.05, 3.63) is 108 Å². The average molecular weight is 456 g/mol. The second-order valence-corrected chi connectivity index (χ2v) is 9.16. The summed E-state index contributed by atoms with van der Waals surface area (Å²) in [6.45, 7) is 6.04. The van der Waals surface area contributed by atoms with Gasteiger partial charge in [0, 0.05) is 28.1 Å². The van der Waals surface area contributed by atoms with Crippen LogP contribution in [0, 0.1) is 20.8 Å². The van der Waals surface area contributed by atoms with E-state index >= 15 is 0 Å². The van der Waals surface area contributed by atoms with Crippen LogP contribution in [0.2, 0.25) is 0 Å². The molecule has 35 heavy (non-hydrogen) atoms. The molecule has 6 rings (SSSR count). The highest BCUT2D eigenvalue weighted by Gasteiger charge is 2.16. The summed E-state index contributed by atoms with van der Waals surface area (Å²) < 4.78 is 2.20. The number of para-hydroxylation sites is 1. The molecular weight excluding hydrogens is 430 g/mol. The van der Waals surface area contributed by atoms with Gasteiger partial charge in [-0.05, 0) is 79.9 Å². The second kappa shape index (κ2) is 8.10. The van der Waals surface area contributed by atoms with Gasteiger partial charge >= 0.3 is 0 Å². The number of aromatic nitrogens is 3. The predicted octanol–water partition coefficient (Wildman–Crippen LogP) is 7.54.